The molecule has 2 rings (SSSR count). The molecule has 2 heterocycles. The van der Waals surface area contributed by atoms with Crippen LogP contribution < -0.4 is 5.73 Å². The lowest BCUT2D eigenvalue weighted by Crippen LogP contribution is -2.13. The standard InChI is InChI=1S/C12H18ClN5O/c1-3-8-11-12(17(2)16-8)18(10(7-13)15-11)6-4-5-9(14)19/h3-7H2,1-2H3,(H2,14,19). The van der Waals surface area contributed by atoms with Gasteiger partial charge in [0.15, 0.2) is 5.65 Å². The molecule has 0 fully saturated rings. The molecule has 0 saturated carbocycles. The number of imidazole rings is 1. The number of carbonyl (C=O) groups is 1. The number of amides is 1. The van der Waals surface area contributed by atoms with Gasteiger partial charge in [0.05, 0.1) is 11.6 Å². The molecule has 104 valence electrons. The molecule has 2 aromatic rings. The smallest absolute Gasteiger partial charge is 0.217 e. The number of primary amides is 1. The molecule has 0 atom stereocenters. The summed E-state index contributed by atoms with van der Waals surface area (Å²) in [5.74, 6) is 0.862. The number of carbonyl (C=O) groups excluding carboxylic acids is 1. The fourth-order valence-electron chi connectivity index (χ4n) is 2.27. The van der Waals surface area contributed by atoms with Gasteiger partial charge in [0.1, 0.15) is 11.3 Å². The van der Waals surface area contributed by atoms with Crippen LogP contribution in [0.3, 0.4) is 0 Å². The molecular formula is C12H18ClN5O. The third kappa shape index (κ3) is 2.58. The van der Waals surface area contributed by atoms with E-state index in [4.69, 9.17) is 17.3 Å². The normalized spacial score (nSPS) is 11.3. The number of aromatic nitrogens is 4. The Morgan fingerprint density at radius 3 is 2.79 bits per heavy atom. The van der Waals surface area contributed by atoms with Gasteiger partial charge in [-0.15, -0.1) is 11.6 Å². The van der Waals surface area contributed by atoms with Crippen molar-refractivity contribution in [1.82, 2.24) is 19.3 Å². The average molecular weight is 284 g/mol. The first-order valence-corrected chi connectivity index (χ1v) is 6.87. The van der Waals surface area contributed by atoms with Crippen LogP contribution in [0.15, 0.2) is 0 Å². The summed E-state index contributed by atoms with van der Waals surface area (Å²) in [6.07, 6.45) is 1.87. The molecule has 2 N–H and O–H groups in total. The van der Waals surface area contributed by atoms with E-state index in [1.54, 1.807) is 0 Å². The SMILES string of the molecule is CCc1nn(C)c2c1nc(CCl)n2CCCC(N)=O. The molecule has 0 unspecified atom stereocenters. The van der Waals surface area contributed by atoms with Gasteiger partial charge >= 0.3 is 0 Å². The van der Waals surface area contributed by atoms with Crippen molar-refractivity contribution in [1.29, 1.82) is 0 Å². The van der Waals surface area contributed by atoms with Crippen LogP contribution in [-0.4, -0.2) is 25.2 Å². The Bertz CT molecular complexity index is 601. The lowest BCUT2D eigenvalue weighted by molar-refractivity contribution is -0.118. The highest BCUT2D eigenvalue weighted by Crippen LogP contribution is 2.21. The zero-order valence-corrected chi connectivity index (χ0v) is 11.9. The second kappa shape index (κ2) is 5.61. The van der Waals surface area contributed by atoms with Crippen LogP contribution in [0.2, 0.25) is 0 Å². The average Bonchev–Trinajstić information content (AvgIpc) is 2.87. The molecule has 0 aliphatic carbocycles. The number of halogens is 1. The number of alkyl halides is 1. The molecule has 0 aromatic carbocycles. The highest BCUT2D eigenvalue weighted by molar-refractivity contribution is 6.16. The number of nitrogens with zero attached hydrogens (tertiary/aromatic N) is 4. The van der Waals surface area contributed by atoms with Crippen LogP contribution in [0.5, 0.6) is 0 Å². The summed E-state index contributed by atoms with van der Waals surface area (Å²) in [4.78, 5) is 15.4. The molecule has 0 spiro atoms. The molecule has 1 amide bonds. The third-order valence-corrected chi connectivity index (χ3v) is 3.37. The van der Waals surface area contributed by atoms with Gasteiger partial charge in [0.2, 0.25) is 5.91 Å². The van der Waals surface area contributed by atoms with Crippen molar-refractivity contribution in [3.63, 3.8) is 0 Å². The van der Waals surface area contributed by atoms with Crippen molar-refractivity contribution in [2.24, 2.45) is 12.8 Å². The van der Waals surface area contributed by atoms with Crippen LogP contribution in [0.25, 0.3) is 11.2 Å². The van der Waals surface area contributed by atoms with E-state index in [1.807, 2.05) is 23.2 Å². The Balaban J connectivity index is 2.39. The van der Waals surface area contributed by atoms with Gasteiger partial charge in [-0.2, -0.15) is 5.10 Å². The summed E-state index contributed by atoms with van der Waals surface area (Å²) < 4.78 is 3.85. The third-order valence-electron chi connectivity index (χ3n) is 3.13. The lowest BCUT2D eigenvalue weighted by atomic mass is 10.3. The zero-order valence-electron chi connectivity index (χ0n) is 11.2. The maximum absolute atomic E-state index is 10.8. The van der Waals surface area contributed by atoms with Crippen molar-refractivity contribution >= 4 is 28.7 Å². The van der Waals surface area contributed by atoms with E-state index in [2.05, 4.69) is 10.1 Å². The van der Waals surface area contributed by atoms with Gasteiger partial charge in [-0.25, -0.2) is 4.98 Å². The molecule has 0 bridgehead atoms. The van der Waals surface area contributed by atoms with Crippen molar-refractivity contribution in [2.75, 3.05) is 0 Å². The Kier molecular flexibility index (Phi) is 4.09. The predicted molar refractivity (Wildman–Crippen MR) is 73.9 cm³/mol. The monoisotopic (exact) mass is 283 g/mol. The van der Waals surface area contributed by atoms with Crippen LogP contribution in [-0.2, 0) is 30.7 Å². The number of hydrogen-bond donors (Lipinski definition) is 1. The van der Waals surface area contributed by atoms with Crippen molar-refractivity contribution in [2.45, 2.75) is 38.6 Å². The summed E-state index contributed by atoms with van der Waals surface area (Å²) >= 11 is 5.95. The number of aryl methyl sites for hydroxylation is 3. The Morgan fingerprint density at radius 2 is 2.21 bits per heavy atom. The van der Waals surface area contributed by atoms with Crippen molar-refractivity contribution in [3.05, 3.63) is 11.5 Å². The van der Waals surface area contributed by atoms with Crippen LogP contribution in [0.4, 0.5) is 0 Å². The minimum atomic E-state index is -0.289. The maximum atomic E-state index is 10.8. The van der Waals surface area contributed by atoms with Gasteiger partial charge in [0, 0.05) is 20.0 Å². The maximum Gasteiger partial charge on any atom is 0.217 e. The quantitative estimate of drug-likeness (QED) is 0.813. The lowest BCUT2D eigenvalue weighted by Gasteiger charge is -2.07. The van der Waals surface area contributed by atoms with Crippen LogP contribution in [0, 0.1) is 0 Å². The molecule has 7 heteroatoms. The Labute approximate surface area is 116 Å². The number of nitrogens with two attached hydrogens (primary N) is 1. The van der Waals surface area contributed by atoms with Gasteiger partial charge in [0.25, 0.3) is 0 Å². The molecule has 0 saturated heterocycles. The molecular weight excluding hydrogens is 266 g/mol. The highest BCUT2D eigenvalue weighted by atomic mass is 35.5. The van der Waals surface area contributed by atoms with E-state index in [9.17, 15) is 4.79 Å². The Hall–Kier alpha value is -1.56. The summed E-state index contributed by atoms with van der Waals surface area (Å²) in [6, 6.07) is 0. The fraction of sp³-hybridized carbons (Fsp3) is 0.583. The number of fused-ring (bicyclic) bond motifs is 1. The van der Waals surface area contributed by atoms with Crippen molar-refractivity contribution < 1.29 is 4.79 Å². The minimum Gasteiger partial charge on any atom is -0.370 e. The summed E-state index contributed by atoms with van der Waals surface area (Å²) in [5.41, 5.74) is 7.99. The summed E-state index contributed by atoms with van der Waals surface area (Å²) in [5, 5.41) is 4.45. The first-order valence-electron chi connectivity index (χ1n) is 6.33. The summed E-state index contributed by atoms with van der Waals surface area (Å²) in [6.45, 7) is 2.72. The fourth-order valence-corrected chi connectivity index (χ4v) is 2.48. The number of hydrogen-bond acceptors (Lipinski definition) is 3. The van der Waals surface area contributed by atoms with E-state index in [1.165, 1.54) is 0 Å². The van der Waals surface area contributed by atoms with Crippen LogP contribution >= 0.6 is 11.6 Å². The van der Waals surface area contributed by atoms with E-state index in [0.29, 0.717) is 25.3 Å². The van der Waals surface area contributed by atoms with Gasteiger partial charge in [-0.3, -0.25) is 9.48 Å². The predicted octanol–water partition coefficient (Wildman–Crippen LogP) is 1.34. The zero-order chi connectivity index (χ0) is 14.0. The van der Waals surface area contributed by atoms with E-state index >= 15 is 0 Å². The van der Waals surface area contributed by atoms with Crippen molar-refractivity contribution in [3.8, 4) is 0 Å². The first kappa shape index (κ1) is 13.9. The molecule has 0 aliphatic rings. The summed E-state index contributed by atoms with van der Waals surface area (Å²) in [7, 11) is 1.89. The first-order chi connectivity index (χ1) is 9.08. The minimum absolute atomic E-state index is 0.289. The van der Waals surface area contributed by atoms with Crippen LogP contribution in [0.1, 0.15) is 31.3 Å². The second-order valence-electron chi connectivity index (χ2n) is 4.48. The van der Waals surface area contributed by atoms with Gasteiger partial charge in [-0.1, -0.05) is 6.92 Å². The molecule has 6 nitrogen and oxygen atoms in total. The highest BCUT2D eigenvalue weighted by Gasteiger charge is 2.17. The van der Waals surface area contributed by atoms with E-state index < -0.39 is 0 Å². The largest absolute Gasteiger partial charge is 0.370 e. The Morgan fingerprint density at radius 1 is 1.47 bits per heavy atom. The van der Waals surface area contributed by atoms with Gasteiger partial charge < -0.3 is 10.3 Å². The van der Waals surface area contributed by atoms with Gasteiger partial charge in [-0.05, 0) is 12.8 Å². The number of rotatable bonds is 6. The second-order valence-corrected chi connectivity index (χ2v) is 4.75. The molecule has 19 heavy (non-hydrogen) atoms. The molecule has 2 aromatic heterocycles. The van der Waals surface area contributed by atoms with E-state index in [-0.39, 0.29) is 5.91 Å². The topological polar surface area (TPSA) is 78.7 Å². The van der Waals surface area contributed by atoms with E-state index in [0.717, 1.165) is 29.1 Å². The molecule has 0 radical (unpaired) electrons. The molecule has 0 aliphatic heterocycles.